The molecule has 2 aromatic carbocycles. The number of thiocarbonyl (C=S) groups is 1. The van der Waals surface area contributed by atoms with Crippen LogP contribution in [0.15, 0.2) is 48.5 Å². The van der Waals surface area contributed by atoms with Gasteiger partial charge in [-0.25, -0.2) is 0 Å². The van der Waals surface area contributed by atoms with Gasteiger partial charge in [0.25, 0.3) is 5.91 Å². The molecule has 0 radical (unpaired) electrons. The summed E-state index contributed by atoms with van der Waals surface area (Å²) in [6, 6.07) is 13.9. The van der Waals surface area contributed by atoms with Crippen LogP contribution in [0.5, 0.6) is 11.5 Å². The minimum atomic E-state index is -0.382. The Labute approximate surface area is 175 Å². The van der Waals surface area contributed by atoms with E-state index in [1.807, 2.05) is 0 Å². The van der Waals surface area contributed by atoms with E-state index in [-0.39, 0.29) is 23.3 Å². The van der Waals surface area contributed by atoms with E-state index < -0.39 is 0 Å². The Kier molecular flexibility index (Phi) is 8.91. The molecule has 0 aliphatic carbocycles. The Morgan fingerprint density at radius 2 is 1.62 bits per heavy atom. The van der Waals surface area contributed by atoms with Crippen molar-refractivity contribution in [2.24, 2.45) is 0 Å². The monoisotopic (exact) mass is 415 g/mol. The summed E-state index contributed by atoms with van der Waals surface area (Å²) in [5.41, 5.74) is 6.23. The van der Waals surface area contributed by atoms with Crippen molar-refractivity contribution in [1.82, 2.24) is 16.2 Å². The summed E-state index contributed by atoms with van der Waals surface area (Å²) < 4.78 is 10.6. The molecule has 0 heterocycles. The van der Waals surface area contributed by atoms with Crippen LogP contribution >= 0.6 is 12.2 Å². The highest BCUT2D eigenvalue weighted by Gasteiger charge is 2.09. The average molecular weight is 416 g/mol. The van der Waals surface area contributed by atoms with Crippen LogP contribution < -0.4 is 25.6 Å². The summed E-state index contributed by atoms with van der Waals surface area (Å²) in [7, 11) is 1.58. The molecule has 0 saturated carbocycles. The molecule has 0 saturated heterocycles. The number of carbonyl (C=O) groups excluding carboxylic acids is 2. The van der Waals surface area contributed by atoms with E-state index in [1.54, 1.807) is 55.6 Å². The molecule has 29 heavy (non-hydrogen) atoms. The van der Waals surface area contributed by atoms with Crippen LogP contribution in [0, 0.1) is 0 Å². The van der Waals surface area contributed by atoms with Crippen LogP contribution in [-0.2, 0) is 11.2 Å². The molecule has 0 unspecified atom stereocenters. The van der Waals surface area contributed by atoms with Gasteiger partial charge in [-0.2, -0.15) is 0 Å². The number of hydrogen-bond donors (Lipinski definition) is 3. The average Bonchev–Trinajstić information content (AvgIpc) is 2.73. The Bertz CT molecular complexity index is 823. The van der Waals surface area contributed by atoms with Crippen LogP contribution in [0.4, 0.5) is 0 Å². The van der Waals surface area contributed by atoms with Gasteiger partial charge in [0.05, 0.1) is 20.1 Å². The highest BCUT2D eigenvalue weighted by Crippen LogP contribution is 2.13. The first-order valence-electron chi connectivity index (χ1n) is 9.27. The van der Waals surface area contributed by atoms with Gasteiger partial charge in [0.15, 0.2) is 5.11 Å². The van der Waals surface area contributed by atoms with E-state index in [4.69, 9.17) is 21.7 Å². The van der Waals surface area contributed by atoms with Crippen molar-refractivity contribution in [2.75, 3.05) is 13.7 Å². The second-order valence-corrected chi connectivity index (χ2v) is 6.62. The predicted molar refractivity (Wildman–Crippen MR) is 115 cm³/mol. The second kappa shape index (κ2) is 11.7. The van der Waals surface area contributed by atoms with E-state index >= 15 is 0 Å². The number of amides is 2. The van der Waals surface area contributed by atoms with Gasteiger partial charge in [0.1, 0.15) is 11.5 Å². The molecule has 0 aromatic heterocycles. The first kappa shape index (κ1) is 22.2. The highest BCUT2D eigenvalue weighted by atomic mass is 32.1. The lowest BCUT2D eigenvalue weighted by Crippen LogP contribution is -2.48. The van der Waals surface area contributed by atoms with Crippen LogP contribution in [0.25, 0.3) is 0 Å². The molecular weight excluding hydrogens is 390 g/mol. The molecule has 0 atom stereocenters. The number of unbranched alkanes of at least 4 members (excludes halogenated alkanes) is 1. The fourth-order valence-electron chi connectivity index (χ4n) is 2.34. The Balaban J connectivity index is 1.74. The van der Waals surface area contributed by atoms with E-state index in [9.17, 15) is 9.59 Å². The smallest absolute Gasteiger partial charge is 0.257 e. The Morgan fingerprint density at radius 1 is 0.966 bits per heavy atom. The molecule has 3 N–H and O–H groups in total. The van der Waals surface area contributed by atoms with Crippen molar-refractivity contribution in [3.8, 4) is 11.5 Å². The number of nitrogens with one attached hydrogen (secondary N) is 3. The van der Waals surface area contributed by atoms with Gasteiger partial charge in [-0.3, -0.25) is 25.8 Å². The van der Waals surface area contributed by atoms with Crippen LogP contribution in [0.3, 0.4) is 0 Å². The van der Waals surface area contributed by atoms with Crippen LogP contribution in [0.1, 0.15) is 35.7 Å². The van der Waals surface area contributed by atoms with Crippen molar-refractivity contribution in [2.45, 2.75) is 26.2 Å². The Hall–Kier alpha value is -3.13. The zero-order valence-corrected chi connectivity index (χ0v) is 17.3. The summed E-state index contributed by atoms with van der Waals surface area (Å²) in [6.07, 6.45) is 2.20. The SMILES string of the molecule is CCCCOc1ccc(C(=O)NC(=S)NNC(=O)Cc2ccc(OC)cc2)cc1. The summed E-state index contributed by atoms with van der Waals surface area (Å²) >= 11 is 5.04. The molecule has 2 aromatic rings. The lowest BCUT2D eigenvalue weighted by Gasteiger charge is -2.11. The Morgan fingerprint density at radius 3 is 2.24 bits per heavy atom. The number of carbonyl (C=O) groups is 2. The van der Waals surface area contributed by atoms with Crippen molar-refractivity contribution in [3.05, 3.63) is 59.7 Å². The number of benzene rings is 2. The number of rotatable bonds is 8. The number of hydrazine groups is 1. The minimum absolute atomic E-state index is 0.00125. The topological polar surface area (TPSA) is 88.7 Å². The number of methoxy groups -OCH3 is 1. The molecular formula is C21H25N3O4S. The summed E-state index contributed by atoms with van der Waals surface area (Å²) in [5.74, 6) is 0.755. The maximum absolute atomic E-state index is 12.2. The molecule has 7 nitrogen and oxygen atoms in total. The largest absolute Gasteiger partial charge is 0.497 e. The van der Waals surface area contributed by atoms with E-state index in [0.717, 1.165) is 24.2 Å². The minimum Gasteiger partial charge on any atom is -0.497 e. The third kappa shape index (κ3) is 7.79. The first-order valence-corrected chi connectivity index (χ1v) is 9.68. The molecule has 2 rings (SSSR count). The molecule has 0 aliphatic heterocycles. The second-order valence-electron chi connectivity index (χ2n) is 6.21. The third-order valence-corrected chi connectivity index (χ3v) is 4.15. The van der Waals surface area contributed by atoms with Crippen molar-refractivity contribution in [3.63, 3.8) is 0 Å². The molecule has 0 spiro atoms. The molecule has 0 bridgehead atoms. The predicted octanol–water partition coefficient (Wildman–Crippen LogP) is 2.75. The molecule has 8 heteroatoms. The molecule has 2 amide bonds. The van der Waals surface area contributed by atoms with Crippen molar-refractivity contribution in [1.29, 1.82) is 0 Å². The quantitative estimate of drug-likeness (QED) is 0.349. The number of ether oxygens (including phenoxy) is 2. The maximum Gasteiger partial charge on any atom is 0.257 e. The maximum atomic E-state index is 12.2. The summed E-state index contributed by atoms with van der Waals surface area (Å²) in [6.45, 7) is 2.74. The van der Waals surface area contributed by atoms with E-state index in [1.165, 1.54) is 0 Å². The van der Waals surface area contributed by atoms with Crippen molar-refractivity contribution < 1.29 is 19.1 Å². The lowest BCUT2D eigenvalue weighted by atomic mass is 10.1. The highest BCUT2D eigenvalue weighted by molar-refractivity contribution is 7.80. The van der Waals surface area contributed by atoms with Gasteiger partial charge < -0.3 is 9.47 Å². The van der Waals surface area contributed by atoms with Crippen molar-refractivity contribution >= 4 is 29.1 Å². The first-order chi connectivity index (χ1) is 14.0. The van der Waals surface area contributed by atoms with Gasteiger partial charge in [0, 0.05) is 5.56 Å². The molecule has 154 valence electrons. The van der Waals surface area contributed by atoms with Gasteiger partial charge >= 0.3 is 0 Å². The van der Waals surface area contributed by atoms with E-state index in [0.29, 0.717) is 17.9 Å². The summed E-state index contributed by atoms with van der Waals surface area (Å²) in [5, 5.41) is 2.51. The molecule has 0 fully saturated rings. The zero-order valence-electron chi connectivity index (χ0n) is 16.5. The van der Waals surface area contributed by atoms with Gasteiger partial charge in [-0.1, -0.05) is 25.5 Å². The number of hydrogen-bond acceptors (Lipinski definition) is 5. The third-order valence-electron chi connectivity index (χ3n) is 3.95. The van der Waals surface area contributed by atoms with Crippen LogP contribution in [0.2, 0.25) is 0 Å². The fourth-order valence-corrected chi connectivity index (χ4v) is 2.49. The van der Waals surface area contributed by atoms with Gasteiger partial charge in [-0.15, -0.1) is 0 Å². The van der Waals surface area contributed by atoms with E-state index in [2.05, 4.69) is 23.1 Å². The van der Waals surface area contributed by atoms with Gasteiger partial charge in [0.2, 0.25) is 5.91 Å². The normalized spacial score (nSPS) is 10.0. The zero-order chi connectivity index (χ0) is 21.1. The molecule has 0 aliphatic rings. The fraction of sp³-hybridized carbons (Fsp3) is 0.286. The van der Waals surface area contributed by atoms with Gasteiger partial charge in [-0.05, 0) is 60.6 Å². The summed E-state index contributed by atoms with van der Waals surface area (Å²) in [4.78, 5) is 24.2. The standard InChI is InChI=1S/C21H25N3O4S/c1-3-4-13-28-18-11-7-16(8-12-18)20(26)22-21(29)24-23-19(25)14-15-5-9-17(27-2)10-6-15/h5-12H,3-4,13-14H2,1-2H3,(H,23,25)(H2,22,24,26,29). The van der Waals surface area contributed by atoms with Crippen LogP contribution in [-0.4, -0.2) is 30.6 Å². The lowest BCUT2D eigenvalue weighted by molar-refractivity contribution is -0.121.